The van der Waals surface area contributed by atoms with E-state index in [1.165, 1.54) is 5.56 Å². The Morgan fingerprint density at radius 3 is 2.60 bits per heavy atom. The molecule has 82 valence electrons. The van der Waals surface area contributed by atoms with Crippen molar-refractivity contribution in [3.05, 3.63) is 35.4 Å². The van der Waals surface area contributed by atoms with Gasteiger partial charge in [0.1, 0.15) is 0 Å². The van der Waals surface area contributed by atoms with Gasteiger partial charge in [0.2, 0.25) is 0 Å². The van der Waals surface area contributed by atoms with Crippen LogP contribution in [-0.2, 0) is 6.42 Å². The summed E-state index contributed by atoms with van der Waals surface area (Å²) in [5.41, 5.74) is 2.43. The number of benzene rings is 1. The van der Waals surface area contributed by atoms with Crippen molar-refractivity contribution in [1.29, 1.82) is 0 Å². The summed E-state index contributed by atoms with van der Waals surface area (Å²) >= 11 is 0. The monoisotopic (exact) mass is 205 g/mol. The number of aliphatic hydroxyl groups is 1. The van der Waals surface area contributed by atoms with Crippen LogP contribution >= 0.6 is 0 Å². The highest BCUT2D eigenvalue weighted by molar-refractivity contribution is 5.34. The minimum Gasteiger partial charge on any atom is -0.388 e. The first-order valence-electron chi connectivity index (χ1n) is 5.53. The maximum absolute atomic E-state index is 10.2. The summed E-state index contributed by atoms with van der Waals surface area (Å²) in [6.45, 7) is 2.18. The lowest BCUT2D eigenvalue weighted by Crippen LogP contribution is -2.34. The van der Waals surface area contributed by atoms with E-state index in [0.717, 1.165) is 12.0 Å². The largest absolute Gasteiger partial charge is 0.388 e. The van der Waals surface area contributed by atoms with Gasteiger partial charge in [-0.05, 0) is 38.6 Å². The summed E-state index contributed by atoms with van der Waals surface area (Å²) < 4.78 is 0. The van der Waals surface area contributed by atoms with Crippen molar-refractivity contribution in [1.82, 2.24) is 4.90 Å². The molecule has 2 nitrogen and oxygen atoms in total. The van der Waals surface area contributed by atoms with E-state index in [1.54, 1.807) is 0 Å². The predicted molar refractivity (Wildman–Crippen MR) is 61.7 cm³/mol. The Labute approximate surface area is 91.5 Å². The fourth-order valence-electron chi connectivity index (χ4n) is 2.42. The Morgan fingerprint density at radius 1 is 1.33 bits per heavy atom. The predicted octanol–water partition coefficient (Wildman–Crippen LogP) is 1.84. The van der Waals surface area contributed by atoms with Gasteiger partial charge in [-0.3, -0.25) is 0 Å². The molecule has 2 heteroatoms. The zero-order valence-electron chi connectivity index (χ0n) is 9.64. The lowest BCUT2D eigenvalue weighted by Gasteiger charge is -2.28. The van der Waals surface area contributed by atoms with E-state index in [2.05, 4.69) is 32.0 Å². The average molecular weight is 205 g/mol. The van der Waals surface area contributed by atoms with E-state index in [4.69, 9.17) is 0 Å². The number of fused-ring (bicyclic) bond motifs is 1. The van der Waals surface area contributed by atoms with E-state index < -0.39 is 0 Å². The van der Waals surface area contributed by atoms with Crippen LogP contribution in [0.3, 0.4) is 0 Å². The molecule has 0 heterocycles. The molecular weight excluding hydrogens is 186 g/mol. The zero-order chi connectivity index (χ0) is 11.0. The van der Waals surface area contributed by atoms with Gasteiger partial charge in [0.15, 0.2) is 0 Å². The minimum absolute atomic E-state index is 0.293. The highest BCUT2D eigenvalue weighted by atomic mass is 16.3. The van der Waals surface area contributed by atoms with Gasteiger partial charge in [-0.2, -0.15) is 0 Å². The van der Waals surface area contributed by atoms with Crippen LogP contribution in [0.15, 0.2) is 24.3 Å². The normalized spacial score (nSPS) is 26.7. The van der Waals surface area contributed by atoms with Gasteiger partial charge in [-0.1, -0.05) is 24.3 Å². The number of hydrogen-bond acceptors (Lipinski definition) is 2. The van der Waals surface area contributed by atoms with E-state index in [1.807, 2.05) is 18.2 Å². The number of nitrogens with zero attached hydrogens (tertiary/aromatic N) is 1. The molecule has 0 aliphatic heterocycles. The van der Waals surface area contributed by atoms with Gasteiger partial charge in [0.25, 0.3) is 0 Å². The Morgan fingerprint density at radius 2 is 2.00 bits per heavy atom. The molecule has 1 aliphatic carbocycles. The summed E-state index contributed by atoms with van der Waals surface area (Å²) in [6, 6.07) is 8.63. The maximum atomic E-state index is 10.2. The molecule has 0 aromatic heterocycles. The molecule has 0 amide bonds. The Bertz CT molecular complexity index is 348. The molecule has 0 bridgehead atoms. The second kappa shape index (κ2) is 3.95. The lowest BCUT2D eigenvalue weighted by molar-refractivity contribution is 0.0733. The summed E-state index contributed by atoms with van der Waals surface area (Å²) in [5.74, 6) is 0.331. The van der Waals surface area contributed by atoms with Crippen molar-refractivity contribution in [3.63, 3.8) is 0 Å². The first-order chi connectivity index (χ1) is 7.11. The molecule has 2 rings (SSSR count). The van der Waals surface area contributed by atoms with Crippen LogP contribution in [-0.4, -0.2) is 30.1 Å². The van der Waals surface area contributed by atoms with Crippen LogP contribution in [0.2, 0.25) is 0 Å². The van der Waals surface area contributed by atoms with E-state index in [0.29, 0.717) is 12.0 Å². The van der Waals surface area contributed by atoms with Crippen molar-refractivity contribution in [2.45, 2.75) is 25.5 Å². The second-order valence-corrected chi connectivity index (χ2v) is 4.72. The van der Waals surface area contributed by atoms with Gasteiger partial charge < -0.3 is 10.0 Å². The van der Waals surface area contributed by atoms with Crippen molar-refractivity contribution in [2.75, 3.05) is 14.1 Å². The third-order valence-corrected chi connectivity index (χ3v) is 3.67. The van der Waals surface area contributed by atoms with Gasteiger partial charge in [0, 0.05) is 12.0 Å². The van der Waals surface area contributed by atoms with Crippen LogP contribution < -0.4 is 0 Å². The molecule has 0 spiro atoms. The average Bonchev–Trinajstić information content (AvgIpc) is 2.56. The molecule has 0 fully saturated rings. The van der Waals surface area contributed by atoms with Crippen LogP contribution in [0, 0.1) is 5.92 Å². The molecule has 0 saturated heterocycles. The first-order valence-corrected chi connectivity index (χ1v) is 5.53. The third kappa shape index (κ3) is 1.80. The number of rotatable bonds is 2. The molecule has 1 N–H and O–H groups in total. The summed E-state index contributed by atoms with van der Waals surface area (Å²) in [5, 5.41) is 10.2. The number of hydrogen-bond donors (Lipinski definition) is 1. The highest BCUT2D eigenvalue weighted by Crippen LogP contribution is 2.38. The van der Waals surface area contributed by atoms with Gasteiger partial charge in [-0.25, -0.2) is 0 Å². The van der Waals surface area contributed by atoms with Crippen molar-refractivity contribution >= 4 is 0 Å². The van der Waals surface area contributed by atoms with E-state index in [9.17, 15) is 5.11 Å². The number of aliphatic hydroxyl groups excluding tert-OH is 1. The SMILES string of the molecule is CC([C@H]1Cc2ccccc2[C@H]1O)N(C)C. The summed E-state index contributed by atoms with van der Waals surface area (Å²) in [7, 11) is 4.14. The van der Waals surface area contributed by atoms with Crippen LogP contribution in [0.25, 0.3) is 0 Å². The Balaban J connectivity index is 2.23. The molecule has 1 aromatic rings. The summed E-state index contributed by atoms with van der Waals surface area (Å²) in [6.07, 6.45) is 0.704. The van der Waals surface area contributed by atoms with E-state index >= 15 is 0 Å². The molecule has 1 aromatic carbocycles. The fraction of sp³-hybridized carbons (Fsp3) is 0.538. The van der Waals surface area contributed by atoms with Gasteiger partial charge in [-0.15, -0.1) is 0 Å². The van der Waals surface area contributed by atoms with Crippen LogP contribution in [0.1, 0.15) is 24.2 Å². The molecule has 0 radical (unpaired) electrons. The molecule has 3 atom stereocenters. The van der Waals surface area contributed by atoms with E-state index in [-0.39, 0.29) is 6.10 Å². The topological polar surface area (TPSA) is 23.5 Å². The molecule has 0 saturated carbocycles. The molecule has 1 unspecified atom stereocenters. The van der Waals surface area contributed by atoms with Gasteiger partial charge in [0.05, 0.1) is 6.10 Å². The van der Waals surface area contributed by atoms with Crippen molar-refractivity contribution < 1.29 is 5.11 Å². The fourth-order valence-corrected chi connectivity index (χ4v) is 2.42. The Hall–Kier alpha value is -0.860. The molecule has 15 heavy (non-hydrogen) atoms. The highest BCUT2D eigenvalue weighted by Gasteiger charge is 2.34. The quantitative estimate of drug-likeness (QED) is 0.796. The Kier molecular flexibility index (Phi) is 2.81. The van der Waals surface area contributed by atoms with Crippen molar-refractivity contribution in [3.8, 4) is 0 Å². The van der Waals surface area contributed by atoms with Gasteiger partial charge >= 0.3 is 0 Å². The molecule has 1 aliphatic rings. The third-order valence-electron chi connectivity index (χ3n) is 3.67. The molecular formula is C13H19NO. The zero-order valence-corrected chi connectivity index (χ0v) is 9.64. The standard InChI is InChI=1S/C13H19NO/c1-9(14(2)3)12-8-10-6-4-5-7-11(10)13(12)15/h4-7,9,12-13,15H,8H2,1-3H3/t9?,12-,13-/m1/s1. The van der Waals surface area contributed by atoms with Crippen molar-refractivity contribution in [2.24, 2.45) is 5.92 Å². The van der Waals surface area contributed by atoms with Crippen LogP contribution in [0.4, 0.5) is 0 Å². The maximum Gasteiger partial charge on any atom is 0.0838 e. The van der Waals surface area contributed by atoms with Crippen LogP contribution in [0.5, 0.6) is 0 Å². The summed E-state index contributed by atoms with van der Waals surface area (Å²) in [4.78, 5) is 2.18. The first kappa shape index (κ1) is 10.7. The smallest absolute Gasteiger partial charge is 0.0838 e. The second-order valence-electron chi connectivity index (χ2n) is 4.72. The minimum atomic E-state index is -0.293. The lowest BCUT2D eigenvalue weighted by atomic mass is 9.95.